The lowest BCUT2D eigenvalue weighted by Crippen LogP contribution is -2.74. The lowest BCUT2D eigenvalue weighted by atomic mass is 9.40. The molecule has 6 fully saturated rings. The average molecular weight is 379 g/mol. The van der Waals surface area contributed by atoms with Gasteiger partial charge in [-0.05, 0) is 25.2 Å². The molecule has 3 saturated carbocycles. The molecule has 3 aliphatic heterocycles. The smallest absolute Gasteiger partial charge is 0.143 e. The van der Waals surface area contributed by atoms with Gasteiger partial charge in [0.15, 0.2) is 0 Å². The lowest BCUT2D eigenvalue weighted by Gasteiger charge is -2.66. The summed E-state index contributed by atoms with van der Waals surface area (Å²) in [4.78, 5) is 13.7. The van der Waals surface area contributed by atoms with Crippen molar-refractivity contribution >= 4 is 29.3 Å². The molecular formula is C20H26O3S2. The minimum atomic E-state index is -0.367. The van der Waals surface area contributed by atoms with Crippen molar-refractivity contribution in [1.82, 2.24) is 0 Å². The maximum Gasteiger partial charge on any atom is 0.143 e. The van der Waals surface area contributed by atoms with E-state index in [1.807, 2.05) is 0 Å². The van der Waals surface area contributed by atoms with Crippen LogP contribution in [0.25, 0.3) is 0 Å². The normalized spacial score (nSPS) is 53.9. The highest BCUT2D eigenvalue weighted by Gasteiger charge is 2.85. The maximum absolute atomic E-state index is 13.7. The number of carbonyl (C=O) groups is 1. The van der Waals surface area contributed by atoms with Crippen LogP contribution in [0.3, 0.4) is 0 Å². The number of allylic oxidation sites excluding steroid dienone is 1. The Labute approximate surface area is 158 Å². The van der Waals surface area contributed by atoms with Crippen LogP contribution in [0.1, 0.15) is 39.5 Å². The molecule has 7 rings (SSSR count). The van der Waals surface area contributed by atoms with Gasteiger partial charge in [-0.2, -0.15) is 0 Å². The number of carbonyl (C=O) groups excluding carboxylic acids is 1. The molecule has 0 amide bonds. The van der Waals surface area contributed by atoms with E-state index in [4.69, 9.17) is 9.47 Å². The van der Waals surface area contributed by atoms with Gasteiger partial charge in [-0.1, -0.05) is 26.0 Å². The SMILES string of the molecule is CC1(C)C=CCC23COC[C@]4(CC5CC(=O)C24CC52SCCS2)OC13. The number of fused-ring (bicyclic) bond motifs is 1. The van der Waals surface area contributed by atoms with Gasteiger partial charge in [-0.25, -0.2) is 0 Å². The molecule has 136 valence electrons. The fourth-order valence-electron chi connectivity index (χ4n) is 7.49. The molecule has 4 aliphatic carbocycles. The molecule has 7 aliphatic rings. The molecular weight excluding hydrogens is 352 g/mol. The number of ether oxygens (including phenoxy) is 2. The fraction of sp³-hybridized carbons (Fsp3) is 0.850. The van der Waals surface area contributed by atoms with E-state index in [1.165, 1.54) is 11.5 Å². The van der Waals surface area contributed by atoms with Gasteiger partial charge < -0.3 is 9.47 Å². The lowest BCUT2D eigenvalue weighted by molar-refractivity contribution is -0.216. The van der Waals surface area contributed by atoms with E-state index >= 15 is 0 Å². The van der Waals surface area contributed by atoms with Gasteiger partial charge in [0, 0.05) is 28.8 Å². The summed E-state index contributed by atoms with van der Waals surface area (Å²) >= 11 is 4.28. The van der Waals surface area contributed by atoms with Crippen LogP contribution in [-0.4, -0.2) is 46.3 Å². The van der Waals surface area contributed by atoms with Crippen LogP contribution < -0.4 is 0 Å². The van der Waals surface area contributed by atoms with Crippen LogP contribution >= 0.6 is 23.5 Å². The molecule has 5 atom stereocenters. The molecule has 0 aromatic heterocycles. The summed E-state index contributed by atoms with van der Waals surface area (Å²) in [5.41, 5.74) is -0.895. The molecule has 3 heterocycles. The van der Waals surface area contributed by atoms with Gasteiger partial charge in [0.1, 0.15) is 11.4 Å². The van der Waals surface area contributed by atoms with E-state index in [2.05, 4.69) is 49.5 Å². The van der Waals surface area contributed by atoms with Gasteiger partial charge in [0.05, 0.1) is 28.8 Å². The quantitative estimate of drug-likeness (QED) is 0.601. The third-order valence-corrected chi connectivity index (χ3v) is 12.0. The Bertz CT molecular complexity index is 697. The van der Waals surface area contributed by atoms with Crippen LogP contribution in [0.4, 0.5) is 0 Å². The standard InChI is InChI=1S/C20H26O3S2/c1-16(2)4-3-5-17-11-22-12-18(23-15(16)17)9-13-8-14(21)19(17,18)10-20(13)24-6-7-25-20/h3-4,13,15H,5-12H2,1-2H3/t13?,15?,17?,18-,19?/m0/s1. The number of Topliss-reactive ketones (excluding diaryl/α,β-unsaturated/α-hetero) is 1. The molecule has 3 nitrogen and oxygen atoms in total. The van der Waals surface area contributed by atoms with Crippen molar-refractivity contribution in [3.05, 3.63) is 12.2 Å². The molecule has 3 spiro atoms. The van der Waals surface area contributed by atoms with E-state index in [-0.39, 0.29) is 32.0 Å². The van der Waals surface area contributed by atoms with E-state index in [9.17, 15) is 4.79 Å². The number of rotatable bonds is 0. The first-order valence-corrected chi connectivity index (χ1v) is 11.6. The fourth-order valence-corrected chi connectivity index (χ4v) is 11.1. The Hall–Kier alpha value is 0.0300. The number of ketones is 1. The van der Waals surface area contributed by atoms with Crippen molar-refractivity contribution < 1.29 is 14.3 Å². The number of hydrogen-bond donors (Lipinski definition) is 0. The minimum Gasteiger partial charge on any atom is -0.378 e. The molecule has 0 aromatic carbocycles. The Morgan fingerprint density at radius 3 is 2.80 bits per heavy atom. The number of thioether (sulfide) groups is 2. The zero-order chi connectivity index (χ0) is 17.1. The molecule has 3 saturated heterocycles. The van der Waals surface area contributed by atoms with E-state index in [1.54, 1.807) is 0 Å². The molecule has 4 unspecified atom stereocenters. The summed E-state index contributed by atoms with van der Waals surface area (Å²) in [5.74, 6) is 3.42. The van der Waals surface area contributed by atoms with Gasteiger partial charge in [-0.15, -0.1) is 23.5 Å². The zero-order valence-corrected chi connectivity index (χ0v) is 16.6. The largest absolute Gasteiger partial charge is 0.378 e. The predicted octanol–water partition coefficient (Wildman–Crippen LogP) is 3.67. The first-order chi connectivity index (χ1) is 11.9. The van der Waals surface area contributed by atoms with Crippen LogP contribution in [0.5, 0.6) is 0 Å². The second-order valence-corrected chi connectivity index (χ2v) is 12.8. The van der Waals surface area contributed by atoms with Crippen molar-refractivity contribution in [1.29, 1.82) is 0 Å². The molecule has 25 heavy (non-hydrogen) atoms. The topological polar surface area (TPSA) is 35.5 Å². The third-order valence-electron chi connectivity index (χ3n) is 8.27. The Balaban J connectivity index is 1.60. The van der Waals surface area contributed by atoms with Crippen molar-refractivity contribution in [2.24, 2.45) is 22.2 Å². The van der Waals surface area contributed by atoms with Crippen LogP contribution in [0.2, 0.25) is 0 Å². The molecule has 0 aromatic rings. The van der Waals surface area contributed by atoms with Gasteiger partial charge in [0.2, 0.25) is 0 Å². The summed E-state index contributed by atoms with van der Waals surface area (Å²) < 4.78 is 13.4. The van der Waals surface area contributed by atoms with Crippen molar-refractivity contribution in [3.63, 3.8) is 0 Å². The van der Waals surface area contributed by atoms with Crippen molar-refractivity contribution in [2.45, 2.75) is 55.3 Å². The monoisotopic (exact) mass is 378 g/mol. The van der Waals surface area contributed by atoms with Gasteiger partial charge in [0.25, 0.3) is 0 Å². The van der Waals surface area contributed by atoms with E-state index < -0.39 is 0 Å². The number of hydrogen-bond acceptors (Lipinski definition) is 5. The second kappa shape index (κ2) is 4.53. The Morgan fingerprint density at radius 1 is 1.20 bits per heavy atom. The van der Waals surface area contributed by atoms with E-state index in [0.717, 1.165) is 25.7 Å². The summed E-state index contributed by atoms with van der Waals surface area (Å²) in [6.07, 6.45) is 8.47. The summed E-state index contributed by atoms with van der Waals surface area (Å²) in [6.45, 7) is 5.87. The second-order valence-electron chi connectivity index (χ2n) is 9.69. The average Bonchev–Trinajstić information content (AvgIpc) is 3.05. The first-order valence-electron chi connectivity index (χ1n) is 9.64. The Kier molecular flexibility index (Phi) is 2.91. The van der Waals surface area contributed by atoms with Crippen molar-refractivity contribution in [2.75, 3.05) is 24.7 Å². The van der Waals surface area contributed by atoms with Crippen LogP contribution in [-0.2, 0) is 14.3 Å². The first kappa shape index (κ1) is 16.0. The van der Waals surface area contributed by atoms with Crippen molar-refractivity contribution in [3.8, 4) is 0 Å². The summed E-state index contributed by atoms with van der Waals surface area (Å²) in [6, 6.07) is 0. The summed E-state index contributed by atoms with van der Waals surface area (Å²) in [7, 11) is 0. The predicted molar refractivity (Wildman–Crippen MR) is 101 cm³/mol. The maximum atomic E-state index is 13.7. The molecule has 5 heteroatoms. The molecule has 4 bridgehead atoms. The third kappa shape index (κ3) is 1.54. The minimum absolute atomic E-state index is 0.0352. The highest BCUT2D eigenvalue weighted by molar-refractivity contribution is 8.21. The Morgan fingerprint density at radius 2 is 2.00 bits per heavy atom. The van der Waals surface area contributed by atoms with Gasteiger partial charge >= 0.3 is 0 Å². The molecule has 0 N–H and O–H groups in total. The van der Waals surface area contributed by atoms with Crippen LogP contribution in [0.15, 0.2) is 12.2 Å². The zero-order valence-electron chi connectivity index (χ0n) is 15.0. The molecule has 0 radical (unpaired) electrons. The summed E-state index contributed by atoms with van der Waals surface area (Å²) in [5, 5.41) is 0. The highest BCUT2D eigenvalue weighted by atomic mass is 32.2. The van der Waals surface area contributed by atoms with Crippen LogP contribution in [0, 0.1) is 22.2 Å². The van der Waals surface area contributed by atoms with Gasteiger partial charge in [-0.3, -0.25) is 4.79 Å². The van der Waals surface area contributed by atoms with E-state index in [0.29, 0.717) is 24.9 Å². The highest BCUT2D eigenvalue weighted by Crippen LogP contribution is 2.79.